The fourth-order valence-corrected chi connectivity index (χ4v) is 2.03. The van der Waals surface area contributed by atoms with Gasteiger partial charge in [-0.3, -0.25) is 19.6 Å². The zero-order valence-electron chi connectivity index (χ0n) is 12.0. The fraction of sp³-hybridized carbons (Fsp3) is 0.286. The molecule has 0 bridgehead atoms. The van der Waals surface area contributed by atoms with Crippen molar-refractivity contribution in [1.29, 1.82) is 0 Å². The summed E-state index contributed by atoms with van der Waals surface area (Å²) in [5, 5.41) is 17.6. The summed E-state index contributed by atoms with van der Waals surface area (Å²) in [7, 11) is 1.84. The lowest BCUT2D eigenvalue weighted by Crippen LogP contribution is -2.26. The van der Waals surface area contributed by atoms with Gasteiger partial charge in [-0.15, -0.1) is 0 Å². The summed E-state index contributed by atoms with van der Waals surface area (Å²) in [4.78, 5) is 22.2. The molecule has 110 valence electrons. The van der Waals surface area contributed by atoms with Crippen LogP contribution in [0.3, 0.4) is 0 Å². The number of aromatic nitrogens is 2. The predicted molar refractivity (Wildman–Crippen MR) is 76.9 cm³/mol. The van der Waals surface area contributed by atoms with Crippen molar-refractivity contribution < 1.29 is 9.72 Å². The summed E-state index contributed by atoms with van der Waals surface area (Å²) >= 11 is 0. The topological polar surface area (TPSA) is 90.1 Å². The minimum atomic E-state index is -0.497. The Kier molecular flexibility index (Phi) is 4.02. The smallest absolute Gasteiger partial charge is 0.269 e. The van der Waals surface area contributed by atoms with Crippen molar-refractivity contribution in [2.45, 2.75) is 19.9 Å². The molecule has 1 aromatic heterocycles. The number of rotatable bonds is 4. The van der Waals surface area contributed by atoms with E-state index in [1.807, 2.05) is 20.9 Å². The van der Waals surface area contributed by atoms with Crippen molar-refractivity contribution >= 4 is 11.6 Å². The molecular weight excluding hydrogens is 272 g/mol. The molecule has 0 saturated heterocycles. The largest absolute Gasteiger partial charge is 0.345 e. The number of aryl methyl sites for hydroxylation is 1. The number of non-ortho nitro benzene ring substituents is 1. The van der Waals surface area contributed by atoms with Gasteiger partial charge in [0.1, 0.15) is 0 Å². The number of hydrogen-bond acceptors (Lipinski definition) is 4. The third-order valence-corrected chi connectivity index (χ3v) is 3.43. The first-order valence-electron chi connectivity index (χ1n) is 6.44. The molecule has 0 fully saturated rings. The predicted octanol–water partition coefficient (Wildman–Crippen LogP) is 2.13. The standard InChI is InChI=1S/C14H16N4O3/c1-9(13-8-15-17(3)10(13)2)16-14(19)11-4-6-12(7-5-11)18(20)21/h4-9H,1-3H3,(H,16,19)/t9-/m0/s1. The molecule has 2 rings (SSSR count). The van der Waals surface area contributed by atoms with E-state index in [0.29, 0.717) is 5.56 Å². The Morgan fingerprint density at radius 1 is 1.38 bits per heavy atom. The quantitative estimate of drug-likeness (QED) is 0.689. The monoisotopic (exact) mass is 288 g/mol. The molecule has 1 heterocycles. The molecule has 0 unspecified atom stereocenters. The first-order chi connectivity index (χ1) is 9.90. The summed E-state index contributed by atoms with van der Waals surface area (Å²) in [6.45, 7) is 3.80. The van der Waals surface area contributed by atoms with E-state index in [9.17, 15) is 14.9 Å². The molecule has 0 radical (unpaired) electrons. The van der Waals surface area contributed by atoms with Gasteiger partial charge in [-0.25, -0.2) is 0 Å². The molecule has 0 aliphatic rings. The fourth-order valence-electron chi connectivity index (χ4n) is 2.03. The van der Waals surface area contributed by atoms with Crippen molar-refractivity contribution in [3.05, 3.63) is 57.4 Å². The molecule has 2 aromatic rings. The van der Waals surface area contributed by atoms with E-state index in [4.69, 9.17) is 0 Å². The first kappa shape index (κ1) is 14.7. The van der Waals surface area contributed by atoms with E-state index in [0.717, 1.165) is 11.3 Å². The Balaban J connectivity index is 2.10. The van der Waals surface area contributed by atoms with E-state index in [1.54, 1.807) is 10.9 Å². The average molecular weight is 288 g/mol. The van der Waals surface area contributed by atoms with Crippen LogP contribution in [0.25, 0.3) is 0 Å². The van der Waals surface area contributed by atoms with Crippen LogP contribution in [0.4, 0.5) is 5.69 Å². The van der Waals surface area contributed by atoms with Crippen LogP contribution in [-0.4, -0.2) is 20.6 Å². The summed E-state index contributed by atoms with van der Waals surface area (Å²) in [5.74, 6) is -0.277. The number of carbonyl (C=O) groups is 1. The minimum Gasteiger partial charge on any atom is -0.345 e. The maximum absolute atomic E-state index is 12.1. The number of hydrogen-bond donors (Lipinski definition) is 1. The van der Waals surface area contributed by atoms with Gasteiger partial charge in [0, 0.05) is 36.0 Å². The molecule has 1 aromatic carbocycles. The second-order valence-corrected chi connectivity index (χ2v) is 4.81. The van der Waals surface area contributed by atoms with E-state index in [2.05, 4.69) is 10.4 Å². The van der Waals surface area contributed by atoms with Crippen LogP contribution >= 0.6 is 0 Å². The molecule has 0 spiro atoms. The molecule has 0 aliphatic carbocycles. The van der Waals surface area contributed by atoms with Crippen LogP contribution in [0, 0.1) is 17.0 Å². The minimum absolute atomic E-state index is 0.0392. The average Bonchev–Trinajstić information content (AvgIpc) is 2.79. The molecule has 21 heavy (non-hydrogen) atoms. The second kappa shape index (κ2) is 5.74. The van der Waals surface area contributed by atoms with Crippen LogP contribution in [0.2, 0.25) is 0 Å². The Hall–Kier alpha value is -2.70. The molecule has 1 amide bonds. The molecule has 1 atom stereocenters. The highest BCUT2D eigenvalue weighted by Gasteiger charge is 2.16. The van der Waals surface area contributed by atoms with E-state index >= 15 is 0 Å². The number of benzene rings is 1. The molecular formula is C14H16N4O3. The lowest BCUT2D eigenvalue weighted by atomic mass is 10.1. The van der Waals surface area contributed by atoms with Gasteiger partial charge in [-0.2, -0.15) is 5.10 Å². The van der Waals surface area contributed by atoms with Crippen LogP contribution in [0.15, 0.2) is 30.5 Å². The van der Waals surface area contributed by atoms with Gasteiger partial charge < -0.3 is 5.32 Å². The lowest BCUT2D eigenvalue weighted by molar-refractivity contribution is -0.384. The zero-order valence-corrected chi connectivity index (χ0v) is 12.0. The number of amides is 1. The molecule has 7 heteroatoms. The summed E-state index contributed by atoms with van der Waals surface area (Å²) < 4.78 is 1.74. The van der Waals surface area contributed by atoms with E-state index in [-0.39, 0.29) is 17.6 Å². The van der Waals surface area contributed by atoms with Crippen molar-refractivity contribution in [2.24, 2.45) is 7.05 Å². The van der Waals surface area contributed by atoms with Gasteiger partial charge in [-0.1, -0.05) is 0 Å². The molecule has 1 N–H and O–H groups in total. The maximum Gasteiger partial charge on any atom is 0.269 e. The SMILES string of the molecule is Cc1c([C@H](C)NC(=O)c2ccc([N+](=O)[O-])cc2)cnn1C. The number of carbonyl (C=O) groups excluding carboxylic acids is 1. The van der Waals surface area contributed by atoms with Gasteiger partial charge in [0.25, 0.3) is 11.6 Å². The van der Waals surface area contributed by atoms with Crippen LogP contribution in [0.1, 0.15) is 34.6 Å². The van der Waals surface area contributed by atoms with Crippen molar-refractivity contribution in [2.75, 3.05) is 0 Å². The first-order valence-corrected chi connectivity index (χ1v) is 6.44. The number of nitrogens with zero attached hydrogens (tertiary/aromatic N) is 3. The summed E-state index contributed by atoms with van der Waals surface area (Å²) in [5.41, 5.74) is 2.26. The maximum atomic E-state index is 12.1. The third-order valence-electron chi connectivity index (χ3n) is 3.43. The number of nitro groups is 1. The highest BCUT2D eigenvalue weighted by molar-refractivity contribution is 5.94. The third kappa shape index (κ3) is 3.07. The highest BCUT2D eigenvalue weighted by Crippen LogP contribution is 2.17. The molecule has 0 saturated carbocycles. The van der Waals surface area contributed by atoms with E-state index < -0.39 is 4.92 Å². The number of nitrogens with one attached hydrogen (secondary N) is 1. The zero-order chi connectivity index (χ0) is 15.6. The van der Waals surface area contributed by atoms with Gasteiger partial charge in [0.2, 0.25) is 0 Å². The molecule has 7 nitrogen and oxygen atoms in total. The molecule has 0 aliphatic heterocycles. The Labute approximate surface area is 121 Å². The van der Waals surface area contributed by atoms with Crippen molar-refractivity contribution in [3.8, 4) is 0 Å². The Morgan fingerprint density at radius 2 is 2.00 bits per heavy atom. The Morgan fingerprint density at radius 3 is 2.48 bits per heavy atom. The van der Waals surface area contributed by atoms with Gasteiger partial charge in [0.05, 0.1) is 17.2 Å². The van der Waals surface area contributed by atoms with Crippen LogP contribution in [-0.2, 0) is 7.05 Å². The normalized spacial score (nSPS) is 12.0. The number of nitro benzene ring substituents is 1. The lowest BCUT2D eigenvalue weighted by Gasteiger charge is -2.13. The highest BCUT2D eigenvalue weighted by atomic mass is 16.6. The van der Waals surface area contributed by atoms with Gasteiger partial charge in [-0.05, 0) is 26.0 Å². The van der Waals surface area contributed by atoms with Crippen LogP contribution < -0.4 is 5.32 Å². The van der Waals surface area contributed by atoms with Crippen molar-refractivity contribution in [3.63, 3.8) is 0 Å². The second-order valence-electron chi connectivity index (χ2n) is 4.81. The van der Waals surface area contributed by atoms with Crippen molar-refractivity contribution in [1.82, 2.24) is 15.1 Å². The van der Waals surface area contributed by atoms with E-state index in [1.165, 1.54) is 24.3 Å². The summed E-state index contributed by atoms with van der Waals surface area (Å²) in [6, 6.07) is 5.32. The van der Waals surface area contributed by atoms with Crippen LogP contribution in [0.5, 0.6) is 0 Å². The van der Waals surface area contributed by atoms with Gasteiger partial charge in [0.15, 0.2) is 0 Å². The summed E-state index contributed by atoms with van der Waals surface area (Å²) in [6.07, 6.45) is 1.72. The van der Waals surface area contributed by atoms with Gasteiger partial charge >= 0.3 is 0 Å². The Bertz CT molecular complexity index is 676.